The van der Waals surface area contributed by atoms with Gasteiger partial charge >= 0.3 is 6.09 Å². The molecule has 5 heteroatoms. The van der Waals surface area contributed by atoms with Crippen molar-refractivity contribution in [1.82, 2.24) is 10.2 Å². The van der Waals surface area contributed by atoms with Crippen molar-refractivity contribution in [1.29, 1.82) is 0 Å². The number of carbonyl (C=O) groups excluding carboxylic acids is 2. The Balaban J connectivity index is 2.40. The van der Waals surface area contributed by atoms with Crippen molar-refractivity contribution in [2.75, 3.05) is 13.1 Å². The average Bonchev–Trinajstić information content (AvgIpc) is 2.56. The van der Waals surface area contributed by atoms with Crippen molar-refractivity contribution in [3.63, 3.8) is 0 Å². The molecule has 1 fully saturated rings. The third kappa shape index (κ3) is 5.21. The Morgan fingerprint density at radius 1 is 1.63 bits per heavy atom. The summed E-state index contributed by atoms with van der Waals surface area (Å²) in [6.45, 7) is 8.27. The van der Waals surface area contributed by atoms with Gasteiger partial charge in [-0.3, -0.25) is 4.79 Å². The van der Waals surface area contributed by atoms with E-state index in [1.165, 1.54) is 0 Å². The third-order valence-electron chi connectivity index (χ3n) is 2.71. The van der Waals surface area contributed by atoms with Gasteiger partial charge in [0, 0.05) is 31.5 Å². The smallest absolute Gasteiger partial charge is 0.407 e. The molecule has 1 aliphatic rings. The summed E-state index contributed by atoms with van der Waals surface area (Å²) < 4.78 is 5.16. The molecule has 19 heavy (non-hydrogen) atoms. The summed E-state index contributed by atoms with van der Waals surface area (Å²) in [4.78, 5) is 24.9. The van der Waals surface area contributed by atoms with E-state index in [-0.39, 0.29) is 17.9 Å². The molecule has 0 radical (unpaired) electrons. The number of hydrogen-bond donors (Lipinski definition) is 1. The Hall–Kier alpha value is -1.70. The van der Waals surface area contributed by atoms with Crippen molar-refractivity contribution in [3.8, 4) is 12.3 Å². The van der Waals surface area contributed by atoms with E-state index in [0.717, 1.165) is 0 Å². The second-order valence-corrected chi connectivity index (χ2v) is 5.91. The molecule has 106 valence electrons. The van der Waals surface area contributed by atoms with Crippen LogP contribution in [0.2, 0.25) is 0 Å². The molecule has 0 aliphatic carbocycles. The summed E-state index contributed by atoms with van der Waals surface area (Å²) >= 11 is 0. The van der Waals surface area contributed by atoms with Crippen LogP contribution >= 0.6 is 0 Å². The van der Waals surface area contributed by atoms with Gasteiger partial charge in [0.25, 0.3) is 0 Å². The standard InChI is InChI=1S/C14H22N2O3/c1-6-11-7-12(17)16(9-11)8-10(2)15-13(18)19-14(3,4)5/h1,10-11H,7-9H2,2-5H3,(H,15,18). The lowest BCUT2D eigenvalue weighted by Crippen LogP contribution is -2.44. The third-order valence-corrected chi connectivity index (χ3v) is 2.71. The van der Waals surface area contributed by atoms with E-state index in [0.29, 0.717) is 19.5 Å². The first-order chi connectivity index (χ1) is 8.71. The molecule has 2 amide bonds. The van der Waals surface area contributed by atoms with Crippen LogP contribution in [0.5, 0.6) is 0 Å². The van der Waals surface area contributed by atoms with Crippen LogP contribution in [0.15, 0.2) is 0 Å². The summed E-state index contributed by atoms with van der Waals surface area (Å²) in [5.41, 5.74) is -0.526. The van der Waals surface area contributed by atoms with Gasteiger partial charge in [-0.2, -0.15) is 0 Å². The fourth-order valence-corrected chi connectivity index (χ4v) is 1.95. The molecule has 1 rings (SSSR count). The summed E-state index contributed by atoms with van der Waals surface area (Å²) in [5.74, 6) is 2.62. The summed E-state index contributed by atoms with van der Waals surface area (Å²) in [7, 11) is 0. The van der Waals surface area contributed by atoms with Crippen LogP contribution in [-0.4, -0.2) is 41.6 Å². The Morgan fingerprint density at radius 3 is 2.74 bits per heavy atom. The lowest BCUT2D eigenvalue weighted by molar-refractivity contribution is -0.128. The lowest BCUT2D eigenvalue weighted by Gasteiger charge is -2.24. The number of ether oxygens (including phenoxy) is 1. The minimum Gasteiger partial charge on any atom is -0.444 e. The van der Waals surface area contributed by atoms with Crippen LogP contribution in [-0.2, 0) is 9.53 Å². The van der Waals surface area contributed by atoms with E-state index in [2.05, 4.69) is 11.2 Å². The number of likely N-dealkylation sites (tertiary alicyclic amines) is 1. The highest BCUT2D eigenvalue weighted by Crippen LogP contribution is 2.16. The van der Waals surface area contributed by atoms with Gasteiger partial charge in [-0.05, 0) is 27.7 Å². The fourth-order valence-electron chi connectivity index (χ4n) is 1.95. The van der Waals surface area contributed by atoms with E-state index < -0.39 is 11.7 Å². The maximum atomic E-state index is 11.7. The number of nitrogens with one attached hydrogen (secondary N) is 1. The van der Waals surface area contributed by atoms with E-state index in [9.17, 15) is 9.59 Å². The number of rotatable bonds is 3. The van der Waals surface area contributed by atoms with Crippen LogP contribution < -0.4 is 5.32 Å². The summed E-state index contributed by atoms with van der Waals surface area (Å²) in [6, 6.07) is -0.171. The molecule has 0 aromatic rings. The molecule has 1 heterocycles. The van der Waals surface area contributed by atoms with Crippen molar-refractivity contribution in [3.05, 3.63) is 0 Å². The topological polar surface area (TPSA) is 58.6 Å². The van der Waals surface area contributed by atoms with Crippen molar-refractivity contribution in [2.24, 2.45) is 5.92 Å². The van der Waals surface area contributed by atoms with Gasteiger partial charge in [-0.25, -0.2) is 4.79 Å². The molecule has 1 saturated heterocycles. The molecular formula is C14H22N2O3. The predicted molar refractivity (Wildman–Crippen MR) is 72.4 cm³/mol. The normalized spacial score (nSPS) is 20.9. The lowest BCUT2D eigenvalue weighted by atomic mass is 10.1. The molecule has 2 atom stereocenters. The second-order valence-electron chi connectivity index (χ2n) is 5.91. The fraction of sp³-hybridized carbons (Fsp3) is 0.714. The van der Waals surface area contributed by atoms with Crippen LogP contribution in [0.1, 0.15) is 34.1 Å². The van der Waals surface area contributed by atoms with Crippen molar-refractivity contribution >= 4 is 12.0 Å². The van der Waals surface area contributed by atoms with Gasteiger partial charge in [-0.15, -0.1) is 12.3 Å². The van der Waals surface area contributed by atoms with Gasteiger partial charge in [0.15, 0.2) is 0 Å². The Kier molecular flexibility index (Phi) is 4.82. The first-order valence-corrected chi connectivity index (χ1v) is 6.44. The van der Waals surface area contributed by atoms with E-state index in [1.807, 2.05) is 6.92 Å². The molecule has 0 spiro atoms. The van der Waals surface area contributed by atoms with Crippen LogP contribution in [0, 0.1) is 18.3 Å². The number of alkyl carbamates (subject to hydrolysis) is 1. The number of carbonyl (C=O) groups is 2. The van der Waals surface area contributed by atoms with Crippen molar-refractivity contribution < 1.29 is 14.3 Å². The number of amides is 2. The zero-order valence-electron chi connectivity index (χ0n) is 12.0. The van der Waals surface area contributed by atoms with E-state index >= 15 is 0 Å². The van der Waals surface area contributed by atoms with Crippen LogP contribution in [0.3, 0.4) is 0 Å². The van der Waals surface area contributed by atoms with Gasteiger partial charge in [0.05, 0.1) is 0 Å². The molecule has 0 aromatic carbocycles. The largest absolute Gasteiger partial charge is 0.444 e. The predicted octanol–water partition coefficient (Wildman–Crippen LogP) is 1.38. The molecule has 1 N–H and O–H groups in total. The molecule has 0 bridgehead atoms. The van der Waals surface area contributed by atoms with Crippen LogP contribution in [0.25, 0.3) is 0 Å². The Labute approximate surface area is 114 Å². The first-order valence-electron chi connectivity index (χ1n) is 6.44. The second kappa shape index (κ2) is 5.96. The van der Waals surface area contributed by atoms with Gasteiger partial charge in [0.1, 0.15) is 5.60 Å². The van der Waals surface area contributed by atoms with Crippen molar-refractivity contribution in [2.45, 2.75) is 45.8 Å². The molecular weight excluding hydrogens is 244 g/mol. The quantitative estimate of drug-likeness (QED) is 0.785. The zero-order chi connectivity index (χ0) is 14.6. The minimum absolute atomic E-state index is 0.0128. The summed E-state index contributed by atoms with van der Waals surface area (Å²) in [5, 5.41) is 2.71. The van der Waals surface area contributed by atoms with Gasteiger partial charge in [0.2, 0.25) is 5.91 Å². The molecule has 0 saturated carbocycles. The highest BCUT2D eigenvalue weighted by molar-refractivity contribution is 5.79. The SMILES string of the molecule is C#CC1CC(=O)N(CC(C)NC(=O)OC(C)(C)C)C1. The van der Waals surface area contributed by atoms with E-state index in [1.54, 1.807) is 25.7 Å². The zero-order valence-corrected chi connectivity index (χ0v) is 12.0. The number of nitrogens with zero attached hydrogens (tertiary/aromatic N) is 1. The monoisotopic (exact) mass is 266 g/mol. The Morgan fingerprint density at radius 2 is 2.26 bits per heavy atom. The number of hydrogen-bond acceptors (Lipinski definition) is 3. The van der Waals surface area contributed by atoms with Gasteiger partial charge in [-0.1, -0.05) is 0 Å². The first kappa shape index (κ1) is 15.4. The number of terminal acetylenes is 1. The molecule has 0 aromatic heterocycles. The average molecular weight is 266 g/mol. The molecule has 2 unspecified atom stereocenters. The summed E-state index contributed by atoms with van der Waals surface area (Å²) in [6.07, 6.45) is 5.25. The van der Waals surface area contributed by atoms with Gasteiger partial charge < -0.3 is 15.0 Å². The Bertz CT molecular complexity index is 392. The highest BCUT2D eigenvalue weighted by Gasteiger charge is 2.29. The molecule has 1 aliphatic heterocycles. The maximum absolute atomic E-state index is 11.7. The molecule has 5 nitrogen and oxygen atoms in total. The maximum Gasteiger partial charge on any atom is 0.407 e. The highest BCUT2D eigenvalue weighted by atomic mass is 16.6. The minimum atomic E-state index is -0.526. The van der Waals surface area contributed by atoms with E-state index in [4.69, 9.17) is 11.2 Å². The van der Waals surface area contributed by atoms with Crippen LogP contribution in [0.4, 0.5) is 4.79 Å².